The van der Waals surface area contributed by atoms with Crippen LogP contribution >= 0.6 is 0 Å². The van der Waals surface area contributed by atoms with E-state index in [9.17, 15) is 4.79 Å². The van der Waals surface area contributed by atoms with Crippen LogP contribution in [0.15, 0.2) is 30.6 Å². The molecule has 1 atom stereocenters. The zero-order valence-corrected chi connectivity index (χ0v) is 13.4. The van der Waals surface area contributed by atoms with Crippen LogP contribution in [0.4, 0.5) is 0 Å². The smallest absolute Gasteiger partial charge is 0.251 e. The molecule has 2 aromatic rings. The highest BCUT2D eigenvalue weighted by Gasteiger charge is 2.15. The van der Waals surface area contributed by atoms with Gasteiger partial charge in [-0.3, -0.25) is 4.79 Å². The molecule has 0 radical (unpaired) electrons. The summed E-state index contributed by atoms with van der Waals surface area (Å²) in [6.07, 6.45) is 4.10. The first-order valence-corrected chi connectivity index (χ1v) is 8.06. The molecule has 1 saturated heterocycles. The Balaban J connectivity index is 1.54. The molecule has 1 fully saturated rings. The molecule has 1 aliphatic heterocycles. The SMILES string of the molecule is C[C@@H](CNC(=O)c1cccc(-n2cnnn2)c1)CN1CCCC1. The van der Waals surface area contributed by atoms with E-state index in [4.69, 9.17) is 0 Å². The van der Waals surface area contributed by atoms with Crippen LogP contribution in [0.25, 0.3) is 5.69 Å². The van der Waals surface area contributed by atoms with Crippen LogP contribution in [0.1, 0.15) is 30.1 Å². The van der Waals surface area contributed by atoms with Gasteiger partial charge in [0.25, 0.3) is 5.91 Å². The number of tetrazole rings is 1. The first-order valence-electron chi connectivity index (χ1n) is 8.06. The topological polar surface area (TPSA) is 75.9 Å². The van der Waals surface area contributed by atoms with Gasteiger partial charge in [0.15, 0.2) is 0 Å². The minimum Gasteiger partial charge on any atom is -0.352 e. The average molecular weight is 314 g/mol. The second kappa shape index (κ2) is 7.32. The molecule has 0 bridgehead atoms. The molecular weight excluding hydrogens is 292 g/mol. The summed E-state index contributed by atoms with van der Waals surface area (Å²) in [5, 5.41) is 14.1. The molecule has 0 unspecified atom stereocenters. The predicted molar refractivity (Wildman–Crippen MR) is 86.3 cm³/mol. The highest BCUT2D eigenvalue weighted by atomic mass is 16.1. The fourth-order valence-electron chi connectivity index (χ4n) is 2.91. The molecule has 1 N–H and O–H groups in total. The van der Waals surface area contributed by atoms with Crippen LogP contribution in [0, 0.1) is 5.92 Å². The molecule has 2 heterocycles. The van der Waals surface area contributed by atoms with E-state index in [0.717, 1.165) is 12.2 Å². The third-order valence-corrected chi connectivity index (χ3v) is 4.10. The number of carbonyl (C=O) groups is 1. The number of amides is 1. The van der Waals surface area contributed by atoms with Gasteiger partial charge in [0, 0.05) is 18.7 Å². The molecule has 7 nitrogen and oxygen atoms in total. The Hall–Kier alpha value is -2.28. The monoisotopic (exact) mass is 314 g/mol. The first kappa shape index (κ1) is 15.6. The summed E-state index contributed by atoms with van der Waals surface area (Å²) in [7, 11) is 0. The van der Waals surface area contributed by atoms with E-state index < -0.39 is 0 Å². The van der Waals surface area contributed by atoms with Crippen LogP contribution in [0.2, 0.25) is 0 Å². The van der Waals surface area contributed by atoms with Crippen LogP contribution in [0.3, 0.4) is 0 Å². The van der Waals surface area contributed by atoms with Crippen molar-refractivity contribution in [3.8, 4) is 5.69 Å². The normalized spacial score (nSPS) is 16.4. The van der Waals surface area contributed by atoms with Crippen LogP contribution in [-0.4, -0.2) is 57.2 Å². The maximum Gasteiger partial charge on any atom is 0.251 e. The van der Waals surface area contributed by atoms with Crippen molar-refractivity contribution in [3.05, 3.63) is 36.2 Å². The van der Waals surface area contributed by atoms with Gasteiger partial charge < -0.3 is 10.2 Å². The summed E-state index contributed by atoms with van der Waals surface area (Å²) in [5.41, 5.74) is 1.39. The maximum atomic E-state index is 12.3. The van der Waals surface area contributed by atoms with E-state index in [1.807, 2.05) is 12.1 Å². The molecule has 122 valence electrons. The van der Waals surface area contributed by atoms with E-state index in [1.54, 1.807) is 12.1 Å². The van der Waals surface area contributed by atoms with Crippen molar-refractivity contribution in [1.82, 2.24) is 30.4 Å². The molecule has 0 aliphatic carbocycles. The van der Waals surface area contributed by atoms with Gasteiger partial charge in [-0.15, -0.1) is 5.10 Å². The molecule has 3 rings (SSSR count). The van der Waals surface area contributed by atoms with E-state index in [2.05, 4.69) is 32.7 Å². The molecular formula is C16H22N6O. The molecule has 0 spiro atoms. The van der Waals surface area contributed by atoms with E-state index >= 15 is 0 Å². The predicted octanol–water partition coefficient (Wildman–Crippen LogP) is 1.12. The van der Waals surface area contributed by atoms with Gasteiger partial charge in [-0.05, 0) is 60.5 Å². The zero-order chi connectivity index (χ0) is 16.1. The van der Waals surface area contributed by atoms with Gasteiger partial charge in [0.1, 0.15) is 6.33 Å². The molecule has 7 heteroatoms. The number of nitrogens with one attached hydrogen (secondary N) is 1. The van der Waals surface area contributed by atoms with E-state index in [-0.39, 0.29) is 5.91 Å². The molecule has 1 aromatic heterocycles. The number of carbonyl (C=O) groups excluding carboxylic acids is 1. The van der Waals surface area contributed by atoms with Crippen molar-refractivity contribution in [2.24, 2.45) is 5.92 Å². The van der Waals surface area contributed by atoms with E-state index in [0.29, 0.717) is 18.0 Å². The lowest BCUT2D eigenvalue weighted by Crippen LogP contribution is -2.34. The lowest BCUT2D eigenvalue weighted by atomic mass is 10.1. The number of nitrogens with zero attached hydrogens (tertiary/aromatic N) is 5. The summed E-state index contributed by atoms with van der Waals surface area (Å²) in [5.74, 6) is 0.382. The number of hydrogen-bond acceptors (Lipinski definition) is 5. The quantitative estimate of drug-likeness (QED) is 0.865. The summed E-state index contributed by atoms with van der Waals surface area (Å²) in [6.45, 7) is 6.28. The van der Waals surface area contributed by atoms with Gasteiger partial charge in [0.2, 0.25) is 0 Å². The van der Waals surface area contributed by atoms with Gasteiger partial charge in [-0.1, -0.05) is 13.0 Å². The molecule has 0 saturated carbocycles. The fourth-order valence-corrected chi connectivity index (χ4v) is 2.91. The van der Waals surface area contributed by atoms with Gasteiger partial charge >= 0.3 is 0 Å². The second-order valence-corrected chi connectivity index (χ2v) is 6.13. The summed E-state index contributed by atoms with van der Waals surface area (Å²) in [6, 6.07) is 7.29. The van der Waals surface area contributed by atoms with Crippen LogP contribution in [-0.2, 0) is 0 Å². The summed E-state index contributed by atoms with van der Waals surface area (Å²) in [4.78, 5) is 14.8. The first-order chi connectivity index (χ1) is 11.2. The Labute approximate surface area is 135 Å². The van der Waals surface area contributed by atoms with Crippen LogP contribution in [0.5, 0.6) is 0 Å². The molecule has 1 amide bonds. The highest BCUT2D eigenvalue weighted by molar-refractivity contribution is 5.94. The largest absolute Gasteiger partial charge is 0.352 e. The van der Waals surface area contributed by atoms with E-state index in [1.165, 1.54) is 36.9 Å². The highest BCUT2D eigenvalue weighted by Crippen LogP contribution is 2.11. The second-order valence-electron chi connectivity index (χ2n) is 6.13. The third kappa shape index (κ3) is 4.13. The Kier molecular flexibility index (Phi) is 4.97. The van der Waals surface area contributed by atoms with Crippen molar-refractivity contribution in [3.63, 3.8) is 0 Å². The van der Waals surface area contributed by atoms with Gasteiger partial charge in [-0.2, -0.15) is 0 Å². The lowest BCUT2D eigenvalue weighted by molar-refractivity contribution is 0.0945. The minimum atomic E-state index is -0.0619. The van der Waals surface area contributed by atoms with Gasteiger partial charge in [-0.25, -0.2) is 4.68 Å². The number of rotatable bonds is 6. The van der Waals surface area contributed by atoms with Crippen molar-refractivity contribution in [1.29, 1.82) is 0 Å². The van der Waals surface area contributed by atoms with Crippen molar-refractivity contribution in [2.45, 2.75) is 19.8 Å². The standard InChI is InChI=1S/C16H22N6O/c1-13(11-21-7-2-3-8-21)10-17-16(23)14-5-4-6-15(9-14)22-12-18-19-20-22/h4-6,9,12-13H,2-3,7-8,10-11H2,1H3,(H,17,23)/t13-/m0/s1. The Morgan fingerprint density at radius 3 is 2.91 bits per heavy atom. The number of hydrogen-bond donors (Lipinski definition) is 1. The molecule has 1 aliphatic rings. The Morgan fingerprint density at radius 1 is 1.35 bits per heavy atom. The molecule has 1 aromatic carbocycles. The van der Waals surface area contributed by atoms with Crippen molar-refractivity contribution < 1.29 is 4.79 Å². The zero-order valence-electron chi connectivity index (χ0n) is 13.4. The Morgan fingerprint density at radius 2 is 2.17 bits per heavy atom. The average Bonchev–Trinajstić information content (AvgIpc) is 3.26. The maximum absolute atomic E-state index is 12.3. The Bertz CT molecular complexity index is 636. The van der Waals surface area contributed by atoms with Crippen molar-refractivity contribution in [2.75, 3.05) is 26.2 Å². The lowest BCUT2D eigenvalue weighted by Gasteiger charge is -2.20. The number of aromatic nitrogens is 4. The van der Waals surface area contributed by atoms with Crippen molar-refractivity contribution >= 4 is 5.91 Å². The molecule has 23 heavy (non-hydrogen) atoms. The summed E-state index contributed by atoms with van der Waals surface area (Å²) < 4.78 is 1.53. The van der Waals surface area contributed by atoms with Gasteiger partial charge in [0.05, 0.1) is 5.69 Å². The number of benzene rings is 1. The minimum absolute atomic E-state index is 0.0619. The number of likely N-dealkylation sites (tertiary alicyclic amines) is 1. The summed E-state index contributed by atoms with van der Waals surface area (Å²) >= 11 is 0. The fraction of sp³-hybridized carbons (Fsp3) is 0.500. The van der Waals surface area contributed by atoms with Crippen LogP contribution < -0.4 is 5.32 Å². The third-order valence-electron chi connectivity index (χ3n) is 4.10.